The third-order valence-electron chi connectivity index (χ3n) is 6.10. The number of hydrogen-bond donors (Lipinski definition) is 3. The van der Waals surface area contributed by atoms with Gasteiger partial charge in [-0.25, -0.2) is 23.1 Å². The van der Waals surface area contributed by atoms with E-state index in [-0.39, 0.29) is 17.2 Å². The highest BCUT2D eigenvalue weighted by Gasteiger charge is 2.17. The largest absolute Gasteiger partial charge is 0.379 e. The number of carbonyl (C=O) groups excluding carboxylic acids is 1. The predicted octanol–water partition coefficient (Wildman–Crippen LogP) is 2.87. The Hall–Kier alpha value is -3.16. The monoisotopic (exact) mass is 540 g/mol. The van der Waals surface area contributed by atoms with Crippen LogP contribution in [-0.2, 0) is 26.0 Å². The van der Waals surface area contributed by atoms with Gasteiger partial charge in [0.1, 0.15) is 5.65 Å². The van der Waals surface area contributed by atoms with Crippen molar-refractivity contribution in [3.8, 4) is 11.3 Å². The summed E-state index contributed by atoms with van der Waals surface area (Å²) in [7, 11) is -3.66. The minimum Gasteiger partial charge on any atom is -0.379 e. The number of benzene rings is 1. The number of nitrogens with zero attached hydrogens (tertiary/aromatic N) is 3. The van der Waals surface area contributed by atoms with Gasteiger partial charge in [-0.3, -0.25) is 9.69 Å². The fourth-order valence-corrected chi connectivity index (χ4v) is 6.08. The number of aromatic nitrogens is 3. The first kappa shape index (κ1) is 25.5. The number of morpholine rings is 1. The Balaban J connectivity index is 1.16. The quantitative estimate of drug-likeness (QED) is 0.264. The molecule has 0 spiro atoms. The minimum absolute atomic E-state index is 0.0340. The first-order chi connectivity index (χ1) is 18.0. The summed E-state index contributed by atoms with van der Waals surface area (Å²) in [5.41, 5.74) is 3.04. The molecule has 0 atom stereocenters. The smallest absolute Gasteiger partial charge is 0.240 e. The molecule has 0 unspecified atom stereocenters. The first-order valence-corrected chi connectivity index (χ1v) is 14.4. The van der Waals surface area contributed by atoms with Gasteiger partial charge in [-0.1, -0.05) is 12.1 Å². The highest BCUT2D eigenvalue weighted by molar-refractivity contribution is 7.89. The molecule has 4 heterocycles. The van der Waals surface area contributed by atoms with Crippen LogP contribution < -0.4 is 10.0 Å². The summed E-state index contributed by atoms with van der Waals surface area (Å²) in [4.78, 5) is 27.0. The predicted molar refractivity (Wildman–Crippen MR) is 143 cm³/mol. The number of carbonyl (C=O) groups is 1. The van der Waals surface area contributed by atoms with Crippen molar-refractivity contribution >= 4 is 43.4 Å². The van der Waals surface area contributed by atoms with E-state index in [1.165, 1.54) is 23.5 Å². The average molecular weight is 541 g/mol. The Bertz CT molecular complexity index is 1480. The van der Waals surface area contributed by atoms with Gasteiger partial charge in [0.25, 0.3) is 0 Å². The lowest BCUT2D eigenvalue weighted by atomic mass is 10.1. The molecule has 3 N–H and O–H groups in total. The number of anilines is 1. The zero-order chi connectivity index (χ0) is 25.7. The molecule has 37 heavy (non-hydrogen) atoms. The van der Waals surface area contributed by atoms with Gasteiger partial charge in [0.2, 0.25) is 15.9 Å². The lowest BCUT2D eigenvalue weighted by Crippen LogP contribution is -2.38. The maximum absolute atomic E-state index is 12.8. The number of amides is 1. The molecule has 12 heteroatoms. The molecule has 0 saturated carbocycles. The summed E-state index contributed by atoms with van der Waals surface area (Å²) in [6, 6.07) is 10.3. The molecule has 0 radical (unpaired) electrons. The zero-order valence-electron chi connectivity index (χ0n) is 20.1. The minimum atomic E-state index is -3.66. The molecule has 0 aliphatic carbocycles. The molecule has 3 aromatic heterocycles. The van der Waals surface area contributed by atoms with E-state index in [1.807, 2.05) is 23.7 Å². The van der Waals surface area contributed by atoms with Crippen molar-refractivity contribution < 1.29 is 17.9 Å². The van der Waals surface area contributed by atoms with Gasteiger partial charge >= 0.3 is 0 Å². The van der Waals surface area contributed by atoms with Gasteiger partial charge in [0.05, 0.1) is 30.2 Å². The van der Waals surface area contributed by atoms with Gasteiger partial charge in [0.15, 0.2) is 5.13 Å². The summed E-state index contributed by atoms with van der Waals surface area (Å²) in [5, 5.41) is 6.13. The van der Waals surface area contributed by atoms with Gasteiger partial charge < -0.3 is 15.0 Å². The lowest BCUT2D eigenvalue weighted by molar-refractivity contribution is -0.115. The van der Waals surface area contributed by atoms with Crippen LogP contribution in [0.5, 0.6) is 0 Å². The summed E-state index contributed by atoms with van der Waals surface area (Å²) in [6.45, 7) is 4.36. The Morgan fingerprint density at radius 2 is 2.05 bits per heavy atom. The van der Waals surface area contributed by atoms with Gasteiger partial charge in [-0.2, -0.15) is 0 Å². The molecule has 1 amide bonds. The van der Waals surface area contributed by atoms with Gasteiger partial charge in [-0.05, 0) is 42.8 Å². The Morgan fingerprint density at radius 3 is 2.92 bits per heavy atom. The van der Waals surface area contributed by atoms with Crippen LogP contribution in [0.25, 0.3) is 22.3 Å². The second kappa shape index (κ2) is 11.5. The number of H-pyrrole nitrogens is 1. The number of hydrogen-bond acceptors (Lipinski definition) is 8. The molecular weight excluding hydrogens is 512 g/mol. The van der Waals surface area contributed by atoms with Crippen LogP contribution in [0.4, 0.5) is 5.13 Å². The molecule has 1 aromatic carbocycles. The summed E-state index contributed by atoms with van der Waals surface area (Å²) < 4.78 is 33.5. The fraction of sp³-hybridized carbons (Fsp3) is 0.320. The summed E-state index contributed by atoms with van der Waals surface area (Å²) in [5.74, 6) is -0.269. The van der Waals surface area contributed by atoms with Gasteiger partial charge in [-0.15, -0.1) is 11.3 Å². The SMILES string of the molecule is O=C(Cc1cccc(S(=O)(=O)NCCCN2CCOCC2)c1)Nc1nc(-c2c[nH]c3ncccc23)cs1. The maximum Gasteiger partial charge on any atom is 0.240 e. The third-order valence-corrected chi connectivity index (χ3v) is 8.31. The molecule has 0 bridgehead atoms. The maximum atomic E-state index is 12.8. The van der Waals surface area contributed by atoms with Crippen molar-refractivity contribution in [3.63, 3.8) is 0 Å². The van der Waals surface area contributed by atoms with E-state index in [0.717, 1.165) is 55.1 Å². The number of sulfonamides is 1. The fourth-order valence-electron chi connectivity index (χ4n) is 4.21. The van der Waals surface area contributed by atoms with E-state index in [1.54, 1.807) is 18.3 Å². The van der Waals surface area contributed by atoms with E-state index in [4.69, 9.17) is 4.74 Å². The van der Waals surface area contributed by atoms with Crippen LogP contribution in [0.3, 0.4) is 0 Å². The van der Waals surface area contributed by atoms with Crippen LogP contribution in [0.15, 0.2) is 59.1 Å². The standard InChI is InChI=1S/C25H28N6O4S2/c32-23(30-25-29-22(17-36-25)21-16-27-24-20(21)6-2-7-26-24)15-18-4-1-5-19(14-18)37(33,34)28-8-3-9-31-10-12-35-13-11-31/h1-2,4-7,14,16-17,28H,3,8-13,15H2,(H,26,27)(H,29,30,32). The topological polar surface area (TPSA) is 129 Å². The van der Waals surface area contributed by atoms with E-state index in [0.29, 0.717) is 23.7 Å². The van der Waals surface area contributed by atoms with E-state index >= 15 is 0 Å². The number of nitrogens with one attached hydrogen (secondary N) is 3. The van der Waals surface area contributed by atoms with Crippen molar-refractivity contribution in [2.75, 3.05) is 44.7 Å². The van der Waals surface area contributed by atoms with E-state index in [9.17, 15) is 13.2 Å². The van der Waals surface area contributed by atoms with E-state index in [2.05, 4.69) is 29.9 Å². The van der Waals surface area contributed by atoms with Crippen molar-refractivity contribution in [2.45, 2.75) is 17.7 Å². The van der Waals surface area contributed by atoms with Crippen LogP contribution in [-0.4, -0.2) is 73.6 Å². The van der Waals surface area contributed by atoms with Crippen molar-refractivity contribution in [3.05, 3.63) is 59.7 Å². The van der Waals surface area contributed by atoms with Crippen LogP contribution >= 0.6 is 11.3 Å². The molecule has 5 rings (SSSR count). The number of rotatable bonds is 10. The zero-order valence-corrected chi connectivity index (χ0v) is 21.8. The molecule has 1 saturated heterocycles. The average Bonchev–Trinajstić information content (AvgIpc) is 3.54. The normalized spacial score (nSPS) is 14.7. The Labute approximate surface area is 219 Å². The van der Waals surface area contributed by atoms with Crippen LogP contribution in [0, 0.1) is 0 Å². The molecule has 10 nitrogen and oxygen atoms in total. The van der Waals surface area contributed by atoms with Crippen molar-refractivity contribution in [1.29, 1.82) is 0 Å². The Morgan fingerprint density at radius 1 is 1.19 bits per heavy atom. The highest BCUT2D eigenvalue weighted by Crippen LogP contribution is 2.30. The molecule has 194 valence electrons. The first-order valence-electron chi connectivity index (χ1n) is 12.0. The second-order valence-corrected chi connectivity index (χ2v) is 11.3. The third kappa shape index (κ3) is 6.40. The highest BCUT2D eigenvalue weighted by atomic mass is 32.2. The summed E-state index contributed by atoms with van der Waals surface area (Å²) >= 11 is 1.33. The lowest BCUT2D eigenvalue weighted by Gasteiger charge is -2.26. The van der Waals surface area contributed by atoms with Crippen molar-refractivity contribution in [1.82, 2.24) is 24.6 Å². The van der Waals surface area contributed by atoms with E-state index < -0.39 is 10.0 Å². The van der Waals surface area contributed by atoms with Crippen LogP contribution in [0.1, 0.15) is 12.0 Å². The number of thiazole rings is 1. The second-order valence-electron chi connectivity index (χ2n) is 8.72. The number of pyridine rings is 1. The molecule has 1 aliphatic rings. The molecule has 4 aromatic rings. The number of ether oxygens (including phenoxy) is 1. The van der Waals surface area contributed by atoms with Crippen molar-refractivity contribution in [2.24, 2.45) is 0 Å². The Kier molecular flexibility index (Phi) is 7.91. The molecule has 1 fully saturated rings. The summed E-state index contributed by atoms with van der Waals surface area (Å²) in [6.07, 6.45) is 4.32. The molecule has 1 aliphatic heterocycles. The number of aromatic amines is 1. The van der Waals surface area contributed by atoms with Crippen LogP contribution in [0.2, 0.25) is 0 Å². The molecular formula is C25H28N6O4S2. The number of fused-ring (bicyclic) bond motifs is 1. The van der Waals surface area contributed by atoms with Gasteiger partial charge in [0, 0.05) is 48.4 Å².